The molecular formula is C14H13N3O6. The minimum Gasteiger partial charge on any atom is -0.493 e. The number of hydrogen-bond acceptors (Lipinski definition) is 7. The first kappa shape index (κ1) is 16.0. The van der Waals surface area contributed by atoms with Crippen LogP contribution in [0.3, 0.4) is 0 Å². The number of nitro groups is 1. The predicted molar refractivity (Wildman–Crippen MR) is 81.7 cm³/mol. The van der Waals surface area contributed by atoms with Crippen LogP contribution < -0.4 is 15.0 Å². The molecule has 0 amide bonds. The molecule has 0 fully saturated rings. The summed E-state index contributed by atoms with van der Waals surface area (Å²) in [4.78, 5) is 26.9. The highest BCUT2D eigenvalue weighted by atomic mass is 16.6. The van der Waals surface area contributed by atoms with Crippen LogP contribution in [-0.4, -0.2) is 34.2 Å². The van der Waals surface area contributed by atoms with Crippen LogP contribution in [0.25, 0.3) is 12.2 Å². The van der Waals surface area contributed by atoms with Gasteiger partial charge in [-0.15, -0.1) is 0 Å². The molecule has 9 nitrogen and oxygen atoms in total. The van der Waals surface area contributed by atoms with Gasteiger partial charge in [-0.3, -0.25) is 14.9 Å². The topological polar surface area (TPSA) is 128 Å². The van der Waals surface area contributed by atoms with Crippen LogP contribution in [-0.2, 0) is 0 Å². The van der Waals surface area contributed by atoms with Gasteiger partial charge in [-0.05, 0) is 23.8 Å². The van der Waals surface area contributed by atoms with Crippen molar-refractivity contribution in [1.82, 2.24) is 9.97 Å². The number of methoxy groups -OCH3 is 2. The standard InChI is InChI=1S/C14H13N3O6/c1-22-9-5-3-8(7-10(9)23-2)4-6-11-15-13(18)12(17(20)21)14(19)16-11/h3-7H,1-2H3,(H2,15,16,18,19). The molecule has 2 rings (SSSR count). The van der Waals surface area contributed by atoms with Crippen molar-refractivity contribution in [3.8, 4) is 17.4 Å². The Morgan fingerprint density at radius 3 is 2.52 bits per heavy atom. The van der Waals surface area contributed by atoms with E-state index in [1.807, 2.05) is 0 Å². The Balaban J connectivity index is 2.34. The van der Waals surface area contributed by atoms with Crippen molar-refractivity contribution in [3.05, 3.63) is 50.1 Å². The number of rotatable bonds is 5. The zero-order chi connectivity index (χ0) is 17.0. The zero-order valence-corrected chi connectivity index (χ0v) is 12.3. The SMILES string of the molecule is COc1ccc(C=Cc2nc(O)c([N+](=O)[O-])c(=O)[nH]2)cc1OC. The molecule has 1 heterocycles. The van der Waals surface area contributed by atoms with Crippen molar-refractivity contribution in [1.29, 1.82) is 0 Å². The van der Waals surface area contributed by atoms with E-state index < -0.39 is 22.0 Å². The molecule has 23 heavy (non-hydrogen) atoms. The molecule has 2 aromatic rings. The predicted octanol–water partition coefficient (Wildman–Crippen LogP) is 1.57. The van der Waals surface area contributed by atoms with E-state index in [2.05, 4.69) is 9.97 Å². The van der Waals surface area contributed by atoms with E-state index in [-0.39, 0.29) is 5.82 Å². The number of benzene rings is 1. The lowest BCUT2D eigenvalue weighted by molar-refractivity contribution is -0.387. The van der Waals surface area contributed by atoms with E-state index in [0.29, 0.717) is 17.1 Å². The van der Waals surface area contributed by atoms with E-state index in [1.165, 1.54) is 20.3 Å². The molecule has 0 atom stereocenters. The number of aromatic nitrogens is 2. The molecule has 0 saturated carbocycles. The highest BCUT2D eigenvalue weighted by Gasteiger charge is 2.21. The molecule has 0 aliphatic heterocycles. The van der Waals surface area contributed by atoms with Crippen molar-refractivity contribution < 1.29 is 19.5 Å². The van der Waals surface area contributed by atoms with Crippen molar-refractivity contribution in [3.63, 3.8) is 0 Å². The van der Waals surface area contributed by atoms with E-state index in [9.17, 15) is 20.0 Å². The Labute approximate surface area is 130 Å². The number of nitrogens with zero attached hydrogens (tertiary/aromatic N) is 2. The molecular weight excluding hydrogens is 306 g/mol. The van der Waals surface area contributed by atoms with Crippen LogP contribution in [0, 0.1) is 10.1 Å². The Hall–Kier alpha value is -3.36. The molecule has 0 radical (unpaired) electrons. The second kappa shape index (κ2) is 6.60. The Morgan fingerprint density at radius 1 is 1.26 bits per heavy atom. The lowest BCUT2D eigenvalue weighted by Crippen LogP contribution is -2.14. The van der Waals surface area contributed by atoms with Gasteiger partial charge >= 0.3 is 11.2 Å². The Morgan fingerprint density at radius 2 is 1.96 bits per heavy atom. The fraction of sp³-hybridized carbons (Fsp3) is 0.143. The normalized spacial score (nSPS) is 10.7. The van der Waals surface area contributed by atoms with Crippen molar-refractivity contribution in [2.24, 2.45) is 0 Å². The van der Waals surface area contributed by atoms with E-state index >= 15 is 0 Å². The third-order valence-corrected chi connectivity index (χ3v) is 2.92. The molecule has 1 aromatic carbocycles. The van der Waals surface area contributed by atoms with Gasteiger partial charge in [-0.25, -0.2) is 0 Å². The van der Waals surface area contributed by atoms with Gasteiger partial charge in [0.25, 0.3) is 5.88 Å². The minimum atomic E-state index is -1.03. The monoisotopic (exact) mass is 319 g/mol. The summed E-state index contributed by atoms with van der Waals surface area (Å²) in [7, 11) is 3.01. The summed E-state index contributed by atoms with van der Waals surface area (Å²) in [6.07, 6.45) is 2.98. The first-order valence-corrected chi connectivity index (χ1v) is 6.34. The minimum absolute atomic E-state index is 0.0205. The van der Waals surface area contributed by atoms with E-state index in [1.54, 1.807) is 24.3 Å². The second-order valence-electron chi connectivity index (χ2n) is 4.33. The van der Waals surface area contributed by atoms with Crippen molar-refractivity contribution in [2.75, 3.05) is 14.2 Å². The summed E-state index contributed by atoms with van der Waals surface area (Å²) in [5, 5.41) is 20.1. The van der Waals surface area contributed by atoms with Crippen molar-refractivity contribution >= 4 is 17.8 Å². The molecule has 0 saturated heterocycles. The van der Waals surface area contributed by atoms with Crippen LogP contribution in [0.4, 0.5) is 5.69 Å². The zero-order valence-electron chi connectivity index (χ0n) is 12.3. The average molecular weight is 319 g/mol. The molecule has 9 heteroatoms. The number of H-pyrrole nitrogens is 1. The molecule has 0 aliphatic carbocycles. The number of ether oxygens (including phenoxy) is 2. The maximum atomic E-state index is 11.5. The third-order valence-electron chi connectivity index (χ3n) is 2.92. The second-order valence-corrected chi connectivity index (χ2v) is 4.33. The molecule has 0 aliphatic rings. The fourth-order valence-electron chi connectivity index (χ4n) is 1.85. The number of aromatic hydroxyl groups is 1. The lowest BCUT2D eigenvalue weighted by atomic mass is 10.2. The van der Waals surface area contributed by atoms with Gasteiger partial charge in [0.1, 0.15) is 5.82 Å². The quantitative estimate of drug-likeness (QED) is 0.632. The van der Waals surface area contributed by atoms with Gasteiger partial charge in [0.05, 0.1) is 19.1 Å². The van der Waals surface area contributed by atoms with Crippen LogP contribution in [0.2, 0.25) is 0 Å². The maximum Gasteiger partial charge on any atom is 0.395 e. The molecule has 2 N–H and O–H groups in total. The smallest absolute Gasteiger partial charge is 0.395 e. The summed E-state index contributed by atoms with van der Waals surface area (Å²) >= 11 is 0. The van der Waals surface area contributed by atoms with Crippen LogP contribution in [0.1, 0.15) is 11.4 Å². The van der Waals surface area contributed by atoms with Crippen LogP contribution in [0.5, 0.6) is 17.4 Å². The Kier molecular flexibility index (Phi) is 4.60. The fourth-order valence-corrected chi connectivity index (χ4v) is 1.85. The molecule has 0 bridgehead atoms. The first-order valence-electron chi connectivity index (χ1n) is 6.34. The Bertz CT molecular complexity index is 828. The summed E-state index contributed by atoms with van der Waals surface area (Å²) < 4.78 is 10.3. The van der Waals surface area contributed by atoms with Crippen molar-refractivity contribution in [2.45, 2.75) is 0 Å². The number of nitrogens with one attached hydrogen (secondary N) is 1. The van der Waals surface area contributed by atoms with E-state index in [4.69, 9.17) is 9.47 Å². The lowest BCUT2D eigenvalue weighted by Gasteiger charge is -2.07. The number of aromatic amines is 1. The maximum absolute atomic E-state index is 11.5. The highest BCUT2D eigenvalue weighted by molar-refractivity contribution is 5.68. The van der Waals surface area contributed by atoms with Gasteiger partial charge in [-0.1, -0.05) is 12.1 Å². The van der Waals surface area contributed by atoms with Gasteiger partial charge in [0, 0.05) is 0 Å². The van der Waals surface area contributed by atoms with Gasteiger partial charge in [0.2, 0.25) is 0 Å². The number of hydrogen-bond donors (Lipinski definition) is 2. The molecule has 0 spiro atoms. The summed E-state index contributed by atoms with van der Waals surface area (Å²) in [5.41, 5.74) is -1.31. The van der Waals surface area contributed by atoms with E-state index in [0.717, 1.165) is 0 Å². The molecule has 120 valence electrons. The van der Waals surface area contributed by atoms with Crippen LogP contribution >= 0.6 is 0 Å². The third kappa shape index (κ3) is 3.46. The van der Waals surface area contributed by atoms with Gasteiger partial charge in [0.15, 0.2) is 11.5 Å². The first-order chi connectivity index (χ1) is 11.0. The highest BCUT2D eigenvalue weighted by Crippen LogP contribution is 2.28. The summed E-state index contributed by atoms with van der Waals surface area (Å²) in [5.74, 6) is 0.116. The largest absolute Gasteiger partial charge is 0.493 e. The summed E-state index contributed by atoms with van der Waals surface area (Å²) in [6.45, 7) is 0. The average Bonchev–Trinajstić information content (AvgIpc) is 2.51. The van der Waals surface area contributed by atoms with Crippen LogP contribution in [0.15, 0.2) is 23.0 Å². The molecule has 0 unspecified atom stereocenters. The summed E-state index contributed by atoms with van der Waals surface area (Å²) in [6, 6.07) is 5.13. The molecule has 1 aromatic heterocycles. The van der Waals surface area contributed by atoms with Gasteiger partial charge in [-0.2, -0.15) is 4.98 Å². The van der Waals surface area contributed by atoms with Gasteiger partial charge < -0.3 is 19.6 Å².